The van der Waals surface area contributed by atoms with Gasteiger partial charge in [-0.3, -0.25) is 15.1 Å². The zero-order chi connectivity index (χ0) is 17.3. The van der Waals surface area contributed by atoms with Gasteiger partial charge in [-0.25, -0.2) is 9.78 Å². The normalized spacial score (nSPS) is 16.3. The van der Waals surface area contributed by atoms with Crippen molar-refractivity contribution in [3.05, 3.63) is 44.2 Å². The van der Waals surface area contributed by atoms with Crippen LogP contribution in [0.25, 0.3) is 0 Å². The van der Waals surface area contributed by atoms with Crippen LogP contribution in [0.4, 0.5) is 16.2 Å². The number of pyridine rings is 1. The maximum atomic E-state index is 12.6. The number of thiazole rings is 1. The third-order valence-electron chi connectivity index (χ3n) is 4.05. The van der Waals surface area contributed by atoms with E-state index >= 15 is 0 Å². The lowest BCUT2D eigenvalue weighted by Crippen LogP contribution is -2.36. The minimum Gasteiger partial charge on any atom is -0.320 e. The van der Waals surface area contributed by atoms with Crippen molar-refractivity contribution in [1.29, 1.82) is 0 Å². The molecule has 0 unspecified atom stereocenters. The molecule has 2 aromatic heterocycles. The molecule has 0 fully saturated rings. The van der Waals surface area contributed by atoms with Crippen LogP contribution in [0, 0.1) is 17.0 Å². The molecule has 0 spiro atoms. The highest BCUT2D eigenvalue weighted by atomic mass is 32.1. The number of hydrogen-bond acceptors (Lipinski definition) is 6. The molecule has 2 aromatic rings. The SMILES string of the molecule is Cc1nc2c(s1)[C@H](N(C)C(=O)Nc1ccncc1[N+](=O)[O-])CCC2. The fourth-order valence-electron chi connectivity index (χ4n) is 2.87. The van der Waals surface area contributed by atoms with Crippen LogP contribution in [0.3, 0.4) is 0 Å². The lowest BCUT2D eigenvalue weighted by Gasteiger charge is -2.30. The maximum absolute atomic E-state index is 12.6. The molecule has 1 aliphatic rings. The second-order valence-corrected chi connectivity index (χ2v) is 6.88. The van der Waals surface area contributed by atoms with Crippen LogP contribution < -0.4 is 5.32 Å². The van der Waals surface area contributed by atoms with Gasteiger partial charge in [0.05, 0.1) is 26.5 Å². The van der Waals surface area contributed by atoms with Crippen LogP contribution in [-0.4, -0.2) is 32.9 Å². The highest BCUT2D eigenvalue weighted by Gasteiger charge is 2.30. The molecule has 0 saturated heterocycles. The first kappa shape index (κ1) is 16.3. The van der Waals surface area contributed by atoms with E-state index in [1.54, 1.807) is 23.3 Å². The van der Waals surface area contributed by atoms with Gasteiger partial charge in [0.1, 0.15) is 11.9 Å². The number of carbonyl (C=O) groups excluding carboxylic acids is 1. The van der Waals surface area contributed by atoms with E-state index in [1.807, 2.05) is 6.92 Å². The summed E-state index contributed by atoms with van der Waals surface area (Å²) in [6.07, 6.45) is 5.29. The first-order valence-corrected chi connectivity index (χ1v) is 8.37. The van der Waals surface area contributed by atoms with Gasteiger partial charge in [0.15, 0.2) is 0 Å². The van der Waals surface area contributed by atoms with Crippen LogP contribution in [0.2, 0.25) is 0 Å². The minimum absolute atomic E-state index is 0.0548. The Morgan fingerprint density at radius 2 is 2.33 bits per heavy atom. The highest BCUT2D eigenvalue weighted by Crippen LogP contribution is 2.37. The number of hydrogen-bond donors (Lipinski definition) is 1. The lowest BCUT2D eigenvalue weighted by atomic mass is 9.97. The zero-order valence-corrected chi connectivity index (χ0v) is 14.2. The average molecular weight is 347 g/mol. The van der Waals surface area contributed by atoms with Crippen molar-refractivity contribution in [1.82, 2.24) is 14.9 Å². The molecule has 0 aromatic carbocycles. The molecule has 0 radical (unpaired) electrons. The third kappa shape index (κ3) is 3.07. The van der Waals surface area contributed by atoms with Gasteiger partial charge in [-0.15, -0.1) is 11.3 Å². The van der Waals surface area contributed by atoms with Crippen LogP contribution in [0.1, 0.15) is 34.5 Å². The van der Waals surface area contributed by atoms with Gasteiger partial charge < -0.3 is 10.2 Å². The van der Waals surface area contributed by atoms with Gasteiger partial charge in [-0.2, -0.15) is 0 Å². The summed E-state index contributed by atoms with van der Waals surface area (Å²) in [6, 6.07) is 0.988. The summed E-state index contributed by atoms with van der Waals surface area (Å²) in [6.45, 7) is 1.96. The monoisotopic (exact) mass is 347 g/mol. The van der Waals surface area contributed by atoms with Crippen molar-refractivity contribution >= 4 is 28.7 Å². The van der Waals surface area contributed by atoms with Gasteiger partial charge in [0.25, 0.3) is 0 Å². The van der Waals surface area contributed by atoms with Gasteiger partial charge in [-0.05, 0) is 32.3 Å². The number of amides is 2. The number of nitro groups is 1. The van der Waals surface area contributed by atoms with E-state index in [-0.39, 0.29) is 23.4 Å². The number of aromatic nitrogens is 2. The fraction of sp³-hybridized carbons (Fsp3) is 0.400. The van der Waals surface area contributed by atoms with Crippen molar-refractivity contribution < 1.29 is 9.72 Å². The van der Waals surface area contributed by atoms with E-state index in [4.69, 9.17) is 0 Å². The van der Waals surface area contributed by atoms with Crippen molar-refractivity contribution in [2.24, 2.45) is 0 Å². The topological polar surface area (TPSA) is 101 Å². The molecule has 24 heavy (non-hydrogen) atoms. The predicted molar refractivity (Wildman–Crippen MR) is 90.2 cm³/mol. The molecular weight excluding hydrogens is 330 g/mol. The van der Waals surface area contributed by atoms with E-state index in [2.05, 4.69) is 15.3 Å². The average Bonchev–Trinajstić information content (AvgIpc) is 2.94. The summed E-state index contributed by atoms with van der Waals surface area (Å²) in [4.78, 5) is 34.0. The Morgan fingerprint density at radius 3 is 3.08 bits per heavy atom. The quantitative estimate of drug-likeness (QED) is 0.678. The zero-order valence-electron chi connectivity index (χ0n) is 13.4. The number of nitrogens with zero attached hydrogens (tertiary/aromatic N) is 4. The summed E-state index contributed by atoms with van der Waals surface area (Å²) in [5.74, 6) is 0. The molecule has 126 valence electrons. The molecule has 3 rings (SSSR count). The highest BCUT2D eigenvalue weighted by molar-refractivity contribution is 7.11. The Hall–Kier alpha value is -2.55. The van der Waals surface area contributed by atoms with Crippen LogP contribution in [-0.2, 0) is 6.42 Å². The van der Waals surface area contributed by atoms with E-state index in [0.29, 0.717) is 0 Å². The molecule has 2 heterocycles. The molecule has 0 saturated carbocycles. The maximum Gasteiger partial charge on any atom is 0.322 e. The van der Waals surface area contributed by atoms with Gasteiger partial charge in [-0.1, -0.05) is 0 Å². The standard InChI is InChI=1S/C15H17N5O3S/c1-9-17-11-4-3-5-12(14(11)24-9)19(2)15(21)18-10-6-7-16-8-13(10)20(22)23/h6-8,12H,3-5H2,1-2H3,(H,16,18,21)/t12-/m1/s1. The van der Waals surface area contributed by atoms with E-state index in [9.17, 15) is 14.9 Å². The third-order valence-corrected chi connectivity index (χ3v) is 5.17. The Bertz CT molecular complexity index is 791. The number of fused-ring (bicyclic) bond motifs is 1. The minimum atomic E-state index is -0.562. The van der Waals surface area contributed by atoms with Crippen LogP contribution in [0.5, 0.6) is 0 Å². The molecule has 1 N–H and O–H groups in total. The van der Waals surface area contributed by atoms with E-state index in [0.717, 1.165) is 41.0 Å². The van der Waals surface area contributed by atoms with Crippen molar-refractivity contribution in [2.45, 2.75) is 32.2 Å². The Balaban J connectivity index is 1.80. The summed E-state index contributed by atoms with van der Waals surface area (Å²) < 4.78 is 0. The van der Waals surface area contributed by atoms with Crippen molar-refractivity contribution in [3.8, 4) is 0 Å². The fourth-order valence-corrected chi connectivity index (χ4v) is 4.02. The molecular formula is C15H17N5O3S. The van der Waals surface area contributed by atoms with Crippen LogP contribution in [0.15, 0.2) is 18.5 Å². The van der Waals surface area contributed by atoms with E-state index in [1.165, 1.54) is 12.3 Å². The summed E-state index contributed by atoms with van der Waals surface area (Å²) in [5.41, 5.74) is 0.976. The second-order valence-electron chi connectivity index (χ2n) is 5.64. The lowest BCUT2D eigenvalue weighted by molar-refractivity contribution is -0.384. The van der Waals surface area contributed by atoms with Crippen LogP contribution >= 0.6 is 11.3 Å². The summed E-state index contributed by atoms with van der Waals surface area (Å²) >= 11 is 1.61. The molecule has 1 aliphatic carbocycles. The van der Waals surface area contributed by atoms with Gasteiger partial charge >= 0.3 is 11.7 Å². The Morgan fingerprint density at radius 1 is 1.54 bits per heavy atom. The second kappa shape index (κ2) is 6.52. The molecule has 9 heteroatoms. The number of anilines is 1. The molecule has 1 atom stereocenters. The smallest absolute Gasteiger partial charge is 0.320 e. The number of nitrogens with one attached hydrogen (secondary N) is 1. The van der Waals surface area contributed by atoms with E-state index < -0.39 is 4.92 Å². The predicted octanol–water partition coefficient (Wildman–Crippen LogP) is 3.30. The molecule has 0 aliphatic heterocycles. The molecule has 8 nitrogen and oxygen atoms in total. The van der Waals surface area contributed by atoms with Gasteiger partial charge in [0, 0.05) is 13.2 Å². The summed E-state index contributed by atoms with van der Waals surface area (Å²) in [5, 5.41) is 14.6. The van der Waals surface area contributed by atoms with Crippen molar-refractivity contribution in [2.75, 3.05) is 12.4 Å². The first-order chi connectivity index (χ1) is 11.5. The van der Waals surface area contributed by atoms with Gasteiger partial charge in [0.2, 0.25) is 0 Å². The number of urea groups is 1. The number of rotatable bonds is 3. The largest absolute Gasteiger partial charge is 0.322 e. The molecule has 2 amide bonds. The Kier molecular flexibility index (Phi) is 4.43. The first-order valence-electron chi connectivity index (χ1n) is 7.55. The van der Waals surface area contributed by atoms with Crippen molar-refractivity contribution in [3.63, 3.8) is 0 Å². The Labute approximate surface area is 142 Å². The number of aryl methyl sites for hydroxylation is 2. The molecule has 0 bridgehead atoms. The summed E-state index contributed by atoms with van der Waals surface area (Å²) in [7, 11) is 1.71. The number of carbonyl (C=O) groups is 1.